The molecule has 0 radical (unpaired) electrons. The topological polar surface area (TPSA) is 89.7 Å². The molecule has 0 saturated heterocycles. The van der Waals surface area contributed by atoms with Crippen LogP contribution < -0.4 is 10.2 Å². The zero-order valence-electron chi connectivity index (χ0n) is 35.4. The van der Waals surface area contributed by atoms with E-state index >= 15 is 0 Å². The minimum atomic E-state index is -3.99. The largest absolute Gasteiger partial charge is 0.345 e. The fraction of sp³-hybridized carbons (Fsp3) is 0.308. The van der Waals surface area contributed by atoms with Crippen molar-refractivity contribution in [3.8, 4) is 12.3 Å². The molecule has 0 fully saturated rings. The molecule has 2 aliphatic rings. The summed E-state index contributed by atoms with van der Waals surface area (Å²) in [5.74, 6) is 2.23. The molecular formula is C52H58N3O4S+. The molecule has 310 valence electrons. The van der Waals surface area contributed by atoms with E-state index in [1.54, 1.807) is 0 Å². The van der Waals surface area contributed by atoms with Crippen molar-refractivity contribution in [2.24, 2.45) is 0 Å². The highest BCUT2D eigenvalue weighted by molar-refractivity contribution is 7.85. The Balaban J connectivity index is 1.12. The van der Waals surface area contributed by atoms with Gasteiger partial charge in [0.15, 0.2) is 5.71 Å². The summed E-state index contributed by atoms with van der Waals surface area (Å²) in [6.07, 6.45) is 32.3. The van der Waals surface area contributed by atoms with E-state index in [1.165, 1.54) is 44.1 Å². The number of nitrogens with one attached hydrogen (secondary N) is 1. The molecule has 2 aliphatic heterocycles. The fourth-order valence-electron chi connectivity index (χ4n) is 8.82. The number of hydrogen-bond acceptors (Lipinski definition) is 4. The van der Waals surface area contributed by atoms with Gasteiger partial charge in [0.05, 0.1) is 17.7 Å². The minimum Gasteiger partial charge on any atom is -0.345 e. The molecule has 0 aromatic heterocycles. The molecule has 0 aliphatic carbocycles. The van der Waals surface area contributed by atoms with Gasteiger partial charge in [-0.1, -0.05) is 129 Å². The van der Waals surface area contributed by atoms with Gasteiger partial charge in [0.25, 0.3) is 10.1 Å². The molecule has 0 spiro atoms. The number of allylic oxidation sites excluding steroid dienone is 12. The summed E-state index contributed by atoms with van der Waals surface area (Å²) in [6.45, 7) is 10.9. The van der Waals surface area contributed by atoms with Gasteiger partial charge in [-0.15, -0.1) is 6.42 Å². The molecule has 4 aromatic rings. The van der Waals surface area contributed by atoms with Gasteiger partial charge < -0.3 is 10.2 Å². The van der Waals surface area contributed by atoms with E-state index in [9.17, 15) is 17.8 Å². The number of hydrogen-bond donors (Lipinski definition) is 2. The van der Waals surface area contributed by atoms with Gasteiger partial charge in [-0.2, -0.15) is 13.0 Å². The van der Waals surface area contributed by atoms with Crippen LogP contribution in [0.25, 0.3) is 21.5 Å². The lowest BCUT2D eigenvalue weighted by Crippen LogP contribution is -2.28. The molecule has 2 heterocycles. The molecule has 1 amide bonds. The number of rotatable bonds is 18. The van der Waals surface area contributed by atoms with Crippen molar-refractivity contribution >= 4 is 54.7 Å². The van der Waals surface area contributed by atoms with E-state index < -0.39 is 10.1 Å². The number of benzene rings is 4. The molecule has 0 saturated carbocycles. The zero-order valence-corrected chi connectivity index (χ0v) is 36.2. The van der Waals surface area contributed by atoms with E-state index in [4.69, 9.17) is 6.42 Å². The second-order valence-electron chi connectivity index (χ2n) is 16.5. The minimum absolute atomic E-state index is 0.0100. The fourth-order valence-corrected chi connectivity index (χ4v) is 9.39. The average Bonchev–Trinajstić information content (AvgIpc) is 3.58. The lowest BCUT2D eigenvalue weighted by atomic mass is 9.79. The third-order valence-corrected chi connectivity index (χ3v) is 12.4. The lowest BCUT2D eigenvalue weighted by molar-refractivity contribution is -0.438. The summed E-state index contributed by atoms with van der Waals surface area (Å²) < 4.78 is 34.5. The van der Waals surface area contributed by atoms with Gasteiger partial charge in [-0.25, -0.2) is 0 Å². The second kappa shape index (κ2) is 19.5. The lowest BCUT2D eigenvalue weighted by Gasteiger charge is -2.27. The smallest absolute Gasteiger partial charge is 0.264 e. The van der Waals surface area contributed by atoms with Crippen molar-refractivity contribution in [2.75, 3.05) is 30.3 Å². The highest BCUT2D eigenvalue weighted by Crippen LogP contribution is 2.51. The molecule has 0 atom stereocenters. The Bertz CT molecular complexity index is 2600. The highest BCUT2D eigenvalue weighted by atomic mass is 32.2. The van der Waals surface area contributed by atoms with Crippen molar-refractivity contribution < 1.29 is 22.3 Å². The van der Waals surface area contributed by atoms with Crippen molar-refractivity contribution in [1.29, 1.82) is 0 Å². The van der Waals surface area contributed by atoms with Crippen LogP contribution in [-0.2, 0) is 25.7 Å². The molecule has 6 rings (SSSR count). The summed E-state index contributed by atoms with van der Waals surface area (Å²) in [5.41, 5.74) is 6.95. The summed E-state index contributed by atoms with van der Waals surface area (Å²) in [4.78, 5) is 14.3. The van der Waals surface area contributed by atoms with E-state index in [0.717, 1.165) is 37.2 Å². The van der Waals surface area contributed by atoms with Gasteiger partial charge in [0, 0.05) is 53.9 Å². The van der Waals surface area contributed by atoms with Gasteiger partial charge in [0.2, 0.25) is 11.6 Å². The number of nitrogens with zero attached hydrogens (tertiary/aromatic N) is 2. The SMILES string of the molecule is C#CCNC(=O)CCCCC[N+]1=C(/C=C/C=C/C=C/C=C/C=C/C=C2/N(CCCCS(=O)(=O)O)c3ccc4ccccc4c3C2(C)C)C(C)(C)c2c1ccc1ccccc21. The van der Waals surface area contributed by atoms with Crippen molar-refractivity contribution in [1.82, 2.24) is 5.32 Å². The van der Waals surface area contributed by atoms with Crippen LogP contribution in [0.1, 0.15) is 77.3 Å². The van der Waals surface area contributed by atoms with Crippen LogP contribution in [0.3, 0.4) is 0 Å². The van der Waals surface area contributed by atoms with E-state index in [1.807, 2.05) is 36.5 Å². The number of amides is 1. The van der Waals surface area contributed by atoms with Crippen LogP contribution in [0.15, 0.2) is 145 Å². The standard InChI is InChI=1S/C52H57N3O4S/c1-6-36-53-48(56)31-17-14-22-37-54-44-34-32-40-25-18-20-27-42(40)49(44)51(2,3)46(54)29-15-12-10-8-7-9-11-13-16-30-47-52(4,5)50-43-28-21-19-26-41(43)33-35-45(50)55(47)38-23-24-39-60(57,58)59/h1,7-13,15-16,18-21,25-30,32-35H,14,17,22-24,31,36-39H2,2-5H3,(H-,53,56,57,58,59)/p+1. The molecule has 0 bridgehead atoms. The van der Waals surface area contributed by atoms with Gasteiger partial charge >= 0.3 is 0 Å². The monoisotopic (exact) mass is 820 g/mol. The first kappa shape index (κ1) is 43.8. The molecule has 2 N–H and O–H groups in total. The number of fused-ring (bicyclic) bond motifs is 6. The van der Waals surface area contributed by atoms with E-state index in [2.05, 4.69) is 152 Å². The number of carbonyl (C=O) groups excluding carboxylic acids is 1. The Morgan fingerprint density at radius 3 is 2.03 bits per heavy atom. The van der Waals surface area contributed by atoms with Crippen LogP contribution in [0.2, 0.25) is 0 Å². The number of terminal acetylenes is 1. The Hall–Kier alpha value is -5.75. The Morgan fingerprint density at radius 1 is 0.750 bits per heavy atom. The van der Waals surface area contributed by atoms with Gasteiger partial charge in [-0.05, 0) is 84.8 Å². The number of anilines is 1. The van der Waals surface area contributed by atoms with Gasteiger partial charge in [-0.3, -0.25) is 9.35 Å². The summed E-state index contributed by atoms with van der Waals surface area (Å²) in [6, 6.07) is 25.8. The van der Waals surface area contributed by atoms with Crippen molar-refractivity contribution in [2.45, 2.75) is 77.0 Å². The zero-order chi connectivity index (χ0) is 42.8. The van der Waals surface area contributed by atoms with Crippen molar-refractivity contribution in [3.63, 3.8) is 0 Å². The quantitative estimate of drug-likeness (QED) is 0.0343. The first-order valence-corrected chi connectivity index (χ1v) is 22.6. The normalized spacial score (nSPS) is 16.8. The van der Waals surface area contributed by atoms with Crippen molar-refractivity contribution in [3.05, 3.63) is 156 Å². The predicted molar refractivity (Wildman–Crippen MR) is 251 cm³/mol. The summed E-state index contributed by atoms with van der Waals surface area (Å²) in [7, 11) is -3.99. The third-order valence-electron chi connectivity index (χ3n) is 11.6. The number of carbonyl (C=O) groups is 1. The van der Waals surface area contributed by atoms with Gasteiger partial charge in [0.1, 0.15) is 6.54 Å². The Morgan fingerprint density at radius 2 is 1.37 bits per heavy atom. The first-order valence-electron chi connectivity index (χ1n) is 21.0. The summed E-state index contributed by atoms with van der Waals surface area (Å²) >= 11 is 0. The maximum Gasteiger partial charge on any atom is 0.264 e. The van der Waals surface area contributed by atoms with E-state index in [0.29, 0.717) is 25.8 Å². The molecule has 8 heteroatoms. The maximum atomic E-state index is 12.0. The first-order chi connectivity index (χ1) is 28.8. The summed E-state index contributed by atoms with van der Waals surface area (Å²) in [5, 5.41) is 7.69. The highest BCUT2D eigenvalue weighted by Gasteiger charge is 2.45. The van der Waals surface area contributed by atoms with Crippen LogP contribution in [-0.4, -0.2) is 54.6 Å². The predicted octanol–water partition coefficient (Wildman–Crippen LogP) is 10.8. The Labute approximate surface area is 357 Å². The molecule has 7 nitrogen and oxygen atoms in total. The molecular weight excluding hydrogens is 763 g/mol. The maximum absolute atomic E-state index is 12.0. The van der Waals surface area contributed by atoms with Crippen LogP contribution in [0, 0.1) is 12.3 Å². The van der Waals surface area contributed by atoms with Crippen LogP contribution in [0.5, 0.6) is 0 Å². The molecule has 60 heavy (non-hydrogen) atoms. The molecule has 0 unspecified atom stereocenters. The average molecular weight is 821 g/mol. The number of unbranched alkanes of at least 4 members (excludes halogenated alkanes) is 3. The van der Waals surface area contributed by atoms with Crippen LogP contribution in [0.4, 0.5) is 11.4 Å². The van der Waals surface area contributed by atoms with E-state index in [-0.39, 0.29) is 29.0 Å². The van der Waals surface area contributed by atoms with Crippen LogP contribution >= 0.6 is 0 Å². The molecule has 4 aromatic carbocycles. The third kappa shape index (κ3) is 10.2. The Kier molecular flexibility index (Phi) is 14.3. The second-order valence-corrected chi connectivity index (χ2v) is 18.1.